The molecule has 1 saturated heterocycles. The number of aromatic nitrogens is 2. The van der Waals surface area contributed by atoms with E-state index in [9.17, 15) is 4.79 Å². The zero-order chi connectivity index (χ0) is 14.2. The first-order valence-corrected chi connectivity index (χ1v) is 8.03. The van der Waals surface area contributed by atoms with E-state index in [2.05, 4.69) is 16.8 Å². The Morgan fingerprint density at radius 1 is 1.30 bits per heavy atom. The normalized spacial score (nSPS) is 17.4. The molecule has 1 fully saturated rings. The summed E-state index contributed by atoms with van der Waals surface area (Å²) in [6.07, 6.45) is 13.3. The van der Waals surface area contributed by atoms with Gasteiger partial charge >= 0.3 is 0 Å². The highest BCUT2D eigenvalue weighted by Crippen LogP contribution is 2.22. The van der Waals surface area contributed by atoms with Gasteiger partial charge in [-0.1, -0.05) is 26.2 Å². The lowest BCUT2D eigenvalue weighted by Gasteiger charge is -2.31. The fourth-order valence-corrected chi connectivity index (χ4v) is 2.98. The van der Waals surface area contributed by atoms with Gasteiger partial charge < -0.3 is 4.90 Å². The largest absolute Gasteiger partial charge is 0.303 e. The van der Waals surface area contributed by atoms with E-state index in [1.807, 2.05) is 0 Å². The van der Waals surface area contributed by atoms with Gasteiger partial charge in [-0.25, -0.2) is 4.98 Å². The topological polar surface area (TPSA) is 38.1 Å². The first-order valence-electron chi connectivity index (χ1n) is 8.03. The summed E-state index contributed by atoms with van der Waals surface area (Å²) in [6, 6.07) is 0. The Bertz CT molecular complexity index is 380. The molecular weight excluding hydrogens is 250 g/mol. The van der Waals surface area contributed by atoms with Crippen molar-refractivity contribution in [1.29, 1.82) is 0 Å². The number of unbranched alkanes of at least 4 members (excludes halogenated alkanes) is 1. The number of carbonyl (C=O) groups excluding carboxylic acids is 1. The van der Waals surface area contributed by atoms with Crippen LogP contribution >= 0.6 is 0 Å². The highest BCUT2D eigenvalue weighted by Gasteiger charge is 2.18. The number of piperidine rings is 1. The number of imidazole rings is 1. The minimum atomic E-state index is 0.153. The van der Waals surface area contributed by atoms with Crippen LogP contribution in [-0.2, 0) is 0 Å². The highest BCUT2D eigenvalue weighted by molar-refractivity contribution is 5.78. The van der Waals surface area contributed by atoms with Crippen LogP contribution in [0.1, 0.15) is 56.7 Å². The number of likely N-dealkylation sites (tertiary alicyclic amines) is 1. The van der Waals surface area contributed by atoms with Crippen LogP contribution in [0.5, 0.6) is 0 Å². The monoisotopic (exact) mass is 277 g/mol. The molecule has 0 unspecified atom stereocenters. The molecule has 2 heterocycles. The molecule has 112 valence electrons. The number of nitrogens with zero attached hydrogens (tertiary/aromatic N) is 3. The fraction of sp³-hybridized carbons (Fsp3) is 0.750. The maximum absolute atomic E-state index is 11.8. The van der Waals surface area contributed by atoms with Crippen LogP contribution in [0.25, 0.3) is 0 Å². The third-order valence-electron chi connectivity index (χ3n) is 4.33. The molecule has 4 heteroatoms. The number of rotatable bonds is 7. The number of hydrogen-bond donors (Lipinski definition) is 0. The molecule has 0 amide bonds. The van der Waals surface area contributed by atoms with Crippen molar-refractivity contribution in [2.45, 2.75) is 51.9 Å². The molecule has 1 aromatic heterocycles. The Morgan fingerprint density at radius 2 is 2.10 bits per heavy atom. The van der Waals surface area contributed by atoms with Crippen molar-refractivity contribution in [1.82, 2.24) is 14.5 Å². The summed E-state index contributed by atoms with van der Waals surface area (Å²) in [5, 5.41) is 0. The lowest BCUT2D eigenvalue weighted by molar-refractivity contribution is 0.0890. The SMILES string of the molecule is CCCCC1CCN(CCCC(=O)n2ccnc2)CC1. The van der Waals surface area contributed by atoms with E-state index in [-0.39, 0.29) is 5.91 Å². The number of carbonyl (C=O) groups is 1. The average molecular weight is 277 g/mol. The van der Waals surface area contributed by atoms with Gasteiger partial charge in [0.05, 0.1) is 0 Å². The molecule has 0 aromatic carbocycles. The second-order valence-electron chi connectivity index (χ2n) is 5.89. The van der Waals surface area contributed by atoms with Crippen LogP contribution in [0, 0.1) is 5.92 Å². The van der Waals surface area contributed by atoms with Crippen LogP contribution in [-0.4, -0.2) is 40.0 Å². The third kappa shape index (κ3) is 4.75. The average Bonchev–Trinajstić information content (AvgIpc) is 3.00. The van der Waals surface area contributed by atoms with E-state index in [0.29, 0.717) is 6.42 Å². The van der Waals surface area contributed by atoms with E-state index in [4.69, 9.17) is 0 Å². The van der Waals surface area contributed by atoms with Gasteiger partial charge in [-0.2, -0.15) is 0 Å². The van der Waals surface area contributed by atoms with Crippen LogP contribution in [0.3, 0.4) is 0 Å². The Morgan fingerprint density at radius 3 is 2.75 bits per heavy atom. The molecule has 4 nitrogen and oxygen atoms in total. The van der Waals surface area contributed by atoms with Crippen molar-refractivity contribution in [2.24, 2.45) is 5.92 Å². The molecule has 0 saturated carbocycles. The molecule has 0 spiro atoms. The van der Waals surface area contributed by atoms with Crippen LogP contribution in [0.15, 0.2) is 18.7 Å². The van der Waals surface area contributed by atoms with Crippen molar-refractivity contribution < 1.29 is 4.79 Å². The molecule has 0 radical (unpaired) electrons. The standard InChI is InChI=1S/C16H27N3O/c1-2-3-5-15-7-11-18(12-8-15)10-4-6-16(20)19-13-9-17-14-19/h9,13-15H,2-8,10-12H2,1H3. The molecule has 0 aliphatic carbocycles. The fourth-order valence-electron chi connectivity index (χ4n) is 2.98. The van der Waals surface area contributed by atoms with Crippen molar-refractivity contribution in [2.75, 3.05) is 19.6 Å². The van der Waals surface area contributed by atoms with Gasteiger partial charge in [-0.15, -0.1) is 0 Å². The van der Waals surface area contributed by atoms with Crippen molar-refractivity contribution >= 4 is 5.91 Å². The zero-order valence-corrected chi connectivity index (χ0v) is 12.6. The van der Waals surface area contributed by atoms with Gasteiger partial charge in [0, 0.05) is 18.8 Å². The van der Waals surface area contributed by atoms with Crippen molar-refractivity contribution in [3.63, 3.8) is 0 Å². The van der Waals surface area contributed by atoms with Crippen LogP contribution < -0.4 is 0 Å². The Kier molecular flexibility index (Phi) is 6.25. The van der Waals surface area contributed by atoms with Gasteiger partial charge in [0.15, 0.2) is 0 Å². The Hall–Kier alpha value is -1.16. The first kappa shape index (κ1) is 15.2. The lowest BCUT2D eigenvalue weighted by atomic mass is 9.91. The third-order valence-corrected chi connectivity index (χ3v) is 4.33. The molecule has 1 aliphatic rings. The molecule has 1 aliphatic heterocycles. The predicted molar refractivity (Wildman–Crippen MR) is 80.8 cm³/mol. The summed E-state index contributed by atoms with van der Waals surface area (Å²) < 4.78 is 1.58. The van der Waals surface area contributed by atoms with Crippen LogP contribution in [0.2, 0.25) is 0 Å². The quantitative estimate of drug-likeness (QED) is 0.768. The summed E-state index contributed by atoms with van der Waals surface area (Å²) in [4.78, 5) is 18.2. The van der Waals surface area contributed by atoms with Crippen LogP contribution in [0.4, 0.5) is 0 Å². The van der Waals surface area contributed by atoms with E-state index in [0.717, 1.165) is 18.9 Å². The molecule has 2 rings (SSSR count). The summed E-state index contributed by atoms with van der Waals surface area (Å²) in [7, 11) is 0. The van der Waals surface area contributed by atoms with Gasteiger partial charge in [-0.05, 0) is 44.8 Å². The summed E-state index contributed by atoms with van der Waals surface area (Å²) >= 11 is 0. The van der Waals surface area contributed by atoms with E-state index in [1.54, 1.807) is 23.3 Å². The van der Waals surface area contributed by atoms with Gasteiger partial charge in [0.2, 0.25) is 5.91 Å². The second kappa shape index (κ2) is 8.20. The highest BCUT2D eigenvalue weighted by atomic mass is 16.2. The van der Waals surface area contributed by atoms with Gasteiger partial charge in [0.1, 0.15) is 6.33 Å². The van der Waals surface area contributed by atoms with Crippen molar-refractivity contribution in [3.8, 4) is 0 Å². The predicted octanol–water partition coefficient (Wildman–Crippen LogP) is 3.21. The molecule has 0 N–H and O–H groups in total. The molecular formula is C16H27N3O. The van der Waals surface area contributed by atoms with E-state index in [1.165, 1.54) is 45.2 Å². The Balaban J connectivity index is 1.58. The lowest BCUT2D eigenvalue weighted by Crippen LogP contribution is -2.34. The maximum Gasteiger partial charge on any atom is 0.231 e. The maximum atomic E-state index is 11.8. The smallest absolute Gasteiger partial charge is 0.231 e. The van der Waals surface area contributed by atoms with E-state index >= 15 is 0 Å². The first-order chi connectivity index (χ1) is 9.79. The zero-order valence-electron chi connectivity index (χ0n) is 12.6. The minimum absolute atomic E-state index is 0.153. The summed E-state index contributed by atoms with van der Waals surface area (Å²) in [6.45, 7) is 5.76. The summed E-state index contributed by atoms with van der Waals surface area (Å²) in [5.74, 6) is 1.10. The van der Waals surface area contributed by atoms with Crippen molar-refractivity contribution in [3.05, 3.63) is 18.7 Å². The van der Waals surface area contributed by atoms with E-state index < -0.39 is 0 Å². The second-order valence-corrected chi connectivity index (χ2v) is 5.89. The number of hydrogen-bond acceptors (Lipinski definition) is 3. The van der Waals surface area contributed by atoms with Gasteiger partial charge in [-0.3, -0.25) is 9.36 Å². The van der Waals surface area contributed by atoms with Gasteiger partial charge in [0.25, 0.3) is 0 Å². The Labute approximate surface area is 122 Å². The molecule has 1 aromatic rings. The minimum Gasteiger partial charge on any atom is -0.303 e. The molecule has 20 heavy (non-hydrogen) atoms. The summed E-state index contributed by atoms with van der Waals surface area (Å²) in [5.41, 5.74) is 0. The molecule has 0 atom stereocenters. The molecule has 0 bridgehead atoms.